The van der Waals surface area contributed by atoms with Crippen LogP contribution >= 0.6 is 11.3 Å². The van der Waals surface area contributed by atoms with Gasteiger partial charge in [-0.15, -0.1) is 11.3 Å². The molecule has 0 aliphatic heterocycles. The molecule has 0 spiro atoms. The number of carbonyl (C=O) groups excluding carboxylic acids is 1. The van der Waals surface area contributed by atoms with Gasteiger partial charge >= 0.3 is 0 Å². The predicted octanol–water partition coefficient (Wildman–Crippen LogP) is 2.87. The Kier molecular flexibility index (Phi) is 5.15. The Morgan fingerprint density at radius 1 is 1.25 bits per heavy atom. The summed E-state index contributed by atoms with van der Waals surface area (Å²) in [5, 5.41) is 4.75. The molecule has 0 aliphatic rings. The number of amides is 1. The van der Waals surface area contributed by atoms with E-state index in [-0.39, 0.29) is 12.0 Å². The fourth-order valence-corrected chi connectivity index (χ4v) is 2.57. The third-order valence-electron chi connectivity index (χ3n) is 2.96. The zero-order chi connectivity index (χ0) is 14.4. The molecule has 1 N–H and O–H groups in total. The Morgan fingerprint density at radius 3 is 2.70 bits per heavy atom. The number of methoxy groups -OCH3 is 2. The molecule has 5 heteroatoms. The molecule has 20 heavy (non-hydrogen) atoms. The Hall–Kier alpha value is -1.85. The minimum Gasteiger partial charge on any atom is -0.496 e. The highest BCUT2D eigenvalue weighted by Crippen LogP contribution is 2.26. The smallest absolute Gasteiger partial charge is 0.261 e. The van der Waals surface area contributed by atoms with Gasteiger partial charge in [0.2, 0.25) is 0 Å². The average molecular weight is 291 g/mol. The summed E-state index contributed by atoms with van der Waals surface area (Å²) in [6.45, 7) is 0.396. The molecule has 1 aromatic heterocycles. The molecule has 0 radical (unpaired) electrons. The molecule has 2 aromatic rings. The van der Waals surface area contributed by atoms with Crippen LogP contribution < -0.4 is 10.1 Å². The van der Waals surface area contributed by atoms with Crippen LogP contribution in [0.4, 0.5) is 0 Å². The molecule has 1 heterocycles. The van der Waals surface area contributed by atoms with Crippen LogP contribution in [0, 0.1) is 0 Å². The van der Waals surface area contributed by atoms with Crippen molar-refractivity contribution in [2.45, 2.75) is 6.10 Å². The van der Waals surface area contributed by atoms with Gasteiger partial charge in [0.25, 0.3) is 5.91 Å². The van der Waals surface area contributed by atoms with Crippen molar-refractivity contribution in [3.63, 3.8) is 0 Å². The van der Waals surface area contributed by atoms with E-state index in [1.807, 2.05) is 35.7 Å². The van der Waals surface area contributed by atoms with Crippen LogP contribution in [0.25, 0.3) is 0 Å². The maximum absolute atomic E-state index is 11.9. The highest BCUT2D eigenvalue weighted by molar-refractivity contribution is 7.12. The summed E-state index contributed by atoms with van der Waals surface area (Å²) in [4.78, 5) is 12.6. The first-order valence-electron chi connectivity index (χ1n) is 6.23. The minimum absolute atomic E-state index is 0.0862. The van der Waals surface area contributed by atoms with Crippen molar-refractivity contribution in [2.75, 3.05) is 20.8 Å². The topological polar surface area (TPSA) is 47.6 Å². The second-order valence-electron chi connectivity index (χ2n) is 4.15. The number of thiophene rings is 1. The lowest BCUT2D eigenvalue weighted by Crippen LogP contribution is -2.28. The SMILES string of the molecule is COc1ccccc1[C@@H](CNC(=O)c1cccs1)OC. The van der Waals surface area contributed by atoms with Crippen LogP contribution in [-0.4, -0.2) is 26.7 Å². The van der Waals surface area contributed by atoms with E-state index in [0.717, 1.165) is 11.3 Å². The van der Waals surface area contributed by atoms with Crippen LogP contribution in [-0.2, 0) is 4.74 Å². The van der Waals surface area contributed by atoms with Gasteiger partial charge in [-0.05, 0) is 17.5 Å². The molecule has 0 unspecified atom stereocenters. The van der Waals surface area contributed by atoms with E-state index in [1.54, 1.807) is 20.3 Å². The van der Waals surface area contributed by atoms with Gasteiger partial charge in [-0.3, -0.25) is 4.79 Å². The Balaban J connectivity index is 2.04. The number of carbonyl (C=O) groups is 1. The molecule has 106 valence electrons. The van der Waals surface area contributed by atoms with Crippen LogP contribution in [0.2, 0.25) is 0 Å². The van der Waals surface area contributed by atoms with Crippen molar-refractivity contribution in [1.29, 1.82) is 0 Å². The summed E-state index contributed by atoms with van der Waals surface area (Å²) < 4.78 is 10.8. The second-order valence-corrected chi connectivity index (χ2v) is 5.10. The van der Waals surface area contributed by atoms with Gasteiger partial charge in [0.05, 0.1) is 12.0 Å². The predicted molar refractivity (Wildman–Crippen MR) is 79.4 cm³/mol. The van der Waals surface area contributed by atoms with Crippen molar-refractivity contribution >= 4 is 17.2 Å². The molecule has 0 aliphatic carbocycles. The summed E-state index contributed by atoms with van der Waals surface area (Å²) in [6, 6.07) is 11.3. The molecular formula is C15H17NO3S. The van der Waals surface area contributed by atoms with E-state index in [2.05, 4.69) is 5.32 Å². The van der Waals surface area contributed by atoms with Gasteiger partial charge in [-0.1, -0.05) is 24.3 Å². The third kappa shape index (κ3) is 3.37. The number of hydrogen-bond acceptors (Lipinski definition) is 4. The molecule has 1 amide bonds. The highest BCUT2D eigenvalue weighted by atomic mass is 32.1. The number of benzene rings is 1. The minimum atomic E-state index is -0.241. The fourth-order valence-electron chi connectivity index (χ4n) is 1.93. The number of nitrogens with one attached hydrogen (secondary N) is 1. The molecule has 0 bridgehead atoms. The van der Waals surface area contributed by atoms with E-state index < -0.39 is 0 Å². The molecule has 2 rings (SSSR count). The van der Waals surface area contributed by atoms with E-state index in [4.69, 9.17) is 9.47 Å². The number of ether oxygens (including phenoxy) is 2. The Bertz CT molecular complexity index is 554. The molecule has 1 atom stereocenters. The highest BCUT2D eigenvalue weighted by Gasteiger charge is 2.16. The number of para-hydroxylation sites is 1. The summed E-state index contributed by atoms with van der Waals surface area (Å²) in [7, 11) is 3.24. The fraction of sp³-hybridized carbons (Fsp3) is 0.267. The van der Waals surface area contributed by atoms with E-state index in [0.29, 0.717) is 11.4 Å². The molecule has 1 aromatic carbocycles. The summed E-state index contributed by atoms with van der Waals surface area (Å²) in [5.41, 5.74) is 0.920. The summed E-state index contributed by atoms with van der Waals surface area (Å²) in [6.07, 6.45) is -0.241. The van der Waals surface area contributed by atoms with Crippen molar-refractivity contribution in [2.24, 2.45) is 0 Å². The van der Waals surface area contributed by atoms with Crippen molar-refractivity contribution in [1.82, 2.24) is 5.32 Å². The third-order valence-corrected chi connectivity index (χ3v) is 3.83. The van der Waals surface area contributed by atoms with Gasteiger partial charge < -0.3 is 14.8 Å². The largest absolute Gasteiger partial charge is 0.496 e. The van der Waals surface area contributed by atoms with Gasteiger partial charge in [-0.25, -0.2) is 0 Å². The van der Waals surface area contributed by atoms with Crippen LogP contribution in [0.15, 0.2) is 41.8 Å². The van der Waals surface area contributed by atoms with E-state index in [1.165, 1.54) is 11.3 Å². The lowest BCUT2D eigenvalue weighted by atomic mass is 10.1. The first-order chi connectivity index (χ1) is 9.76. The molecular weight excluding hydrogens is 274 g/mol. The van der Waals surface area contributed by atoms with Crippen LogP contribution in [0.3, 0.4) is 0 Å². The van der Waals surface area contributed by atoms with Crippen LogP contribution in [0.1, 0.15) is 21.3 Å². The zero-order valence-electron chi connectivity index (χ0n) is 11.5. The lowest BCUT2D eigenvalue weighted by Gasteiger charge is -2.18. The van der Waals surface area contributed by atoms with E-state index in [9.17, 15) is 4.79 Å². The quantitative estimate of drug-likeness (QED) is 0.890. The van der Waals surface area contributed by atoms with Crippen molar-refractivity contribution in [3.8, 4) is 5.75 Å². The van der Waals surface area contributed by atoms with Crippen molar-refractivity contribution in [3.05, 3.63) is 52.2 Å². The summed E-state index contributed by atoms with van der Waals surface area (Å²) in [5.74, 6) is 0.668. The van der Waals surface area contributed by atoms with Gasteiger partial charge in [0.1, 0.15) is 11.9 Å². The lowest BCUT2D eigenvalue weighted by molar-refractivity contribution is 0.0822. The maximum atomic E-state index is 11.9. The van der Waals surface area contributed by atoms with Gasteiger partial charge in [-0.2, -0.15) is 0 Å². The molecule has 0 saturated carbocycles. The first kappa shape index (κ1) is 14.6. The standard InChI is InChI=1S/C15H17NO3S/c1-18-12-7-4-3-6-11(12)13(19-2)10-16-15(17)14-8-5-9-20-14/h3-9,13H,10H2,1-2H3,(H,16,17)/t13-/m1/s1. The van der Waals surface area contributed by atoms with Crippen LogP contribution in [0.5, 0.6) is 5.75 Å². The second kappa shape index (κ2) is 7.07. The Labute approximate surface area is 122 Å². The molecule has 4 nitrogen and oxygen atoms in total. The molecule has 0 fully saturated rings. The van der Waals surface area contributed by atoms with Gasteiger partial charge in [0.15, 0.2) is 0 Å². The zero-order valence-corrected chi connectivity index (χ0v) is 12.3. The van der Waals surface area contributed by atoms with Gasteiger partial charge in [0, 0.05) is 19.2 Å². The normalized spacial score (nSPS) is 11.9. The summed E-state index contributed by atoms with van der Waals surface area (Å²) >= 11 is 1.42. The number of hydrogen-bond donors (Lipinski definition) is 1. The van der Waals surface area contributed by atoms with E-state index >= 15 is 0 Å². The Morgan fingerprint density at radius 2 is 2.05 bits per heavy atom. The first-order valence-corrected chi connectivity index (χ1v) is 7.11. The maximum Gasteiger partial charge on any atom is 0.261 e. The molecule has 0 saturated heterocycles. The van der Waals surface area contributed by atoms with Crippen molar-refractivity contribution < 1.29 is 14.3 Å². The number of rotatable bonds is 6. The monoisotopic (exact) mass is 291 g/mol. The average Bonchev–Trinajstić information content (AvgIpc) is 3.02.